The molecule has 0 aliphatic carbocycles. The lowest BCUT2D eigenvalue weighted by atomic mass is 10.0. The minimum absolute atomic E-state index is 0.0138. The van der Waals surface area contributed by atoms with Crippen LogP contribution in [0, 0.1) is 12.8 Å². The van der Waals surface area contributed by atoms with Crippen LogP contribution < -0.4 is 5.32 Å². The summed E-state index contributed by atoms with van der Waals surface area (Å²) in [6, 6.07) is 10.2. The van der Waals surface area contributed by atoms with Gasteiger partial charge in [-0.2, -0.15) is 5.10 Å². The van der Waals surface area contributed by atoms with Crippen molar-refractivity contribution in [3.63, 3.8) is 0 Å². The summed E-state index contributed by atoms with van der Waals surface area (Å²) in [5.74, 6) is 0.277. The molecule has 0 saturated heterocycles. The van der Waals surface area contributed by atoms with E-state index < -0.39 is 0 Å². The molecule has 1 amide bonds. The molecule has 0 saturated carbocycles. The number of benzene rings is 1. The number of imidazole rings is 1. The molecular weight excluding hydrogens is 464 g/mol. The lowest BCUT2D eigenvalue weighted by Crippen LogP contribution is -2.13. The molecule has 5 aromatic heterocycles. The van der Waals surface area contributed by atoms with Gasteiger partial charge in [0, 0.05) is 35.2 Å². The molecule has 0 bridgehead atoms. The first-order valence-corrected chi connectivity index (χ1v) is 12.2. The van der Waals surface area contributed by atoms with Crippen LogP contribution in [0.1, 0.15) is 26.0 Å². The average Bonchev–Trinajstić information content (AvgIpc) is 3.60. The van der Waals surface area contributed by atoms with Gasteiger partial charge in [-0.15, -0.1) is 0 Å². The van der Waals surface area contributed by atoms with E-state index in [1.807, 2.05) is 62.1 Å². The van der Waals surface area contributed by atoms with E-state index in [-0.39, 0.29) is 5.91 Å². The number of aromatic nitrogens is 7. The van der Waals surface area contributed by atoms with Gasteiger partial charge in [-0.3, -0.25) is 19.9 Å². The van der Waals surface area contributed by atoms with E-state index in [2.05, 4.69) is 47.6 Å². The molecule has 9 heteroatoms. The largest absolute Gasteiger partial charge is 0.352 e. The number of pyridine rings is 2. The second-order valence-electron chi connectivity index (χ2n) is 9.67. The maximum atomic E-state index is 12.2. The number of hydrogen-bond acceptors (Lipinski definition) is 5. The molecule has 5 heterocycles. The van der Waals surface area contributed by atoms with Crippen LogP contribution in [-0.4, -0.2) is 40.6 Å². The highest BCUT2D eigenvalue weighted by Crippen LogP contribution is 2.33. The highest BCUT2D eigenvalue weighted by Gasteiger charge is 2.15. The van der Waals surface area contributed by atoms with Gasteiger partial charge in [0.2, 0.25) is 5.91 Å². The zero-order valence-corrected chi connectivity index (χ0v) is 20.8. The van der Waals surface area contributed by atoms with Crippen molar-refractivity contribution in [2.75, 3.05) is 5.32 Å². The number of nitrogens with zero attached hydrogens (tertiary/aromatic N) is 5. The molecule has 0 fully saturated rings. The van der Waals surface area contributed by atoms with E-state index in [1.165, 1.54) is 0 Å². The van der Waals surface area contributed by atoms with Gasteiger partial charge in [0.05, 0.1) is 58.7 Å². The summed E-state index contributed by atoms with van der Waals surface area (Å²) in [6.07, 6.45) is 11.4. The Balaban J connectivity index is 1.38. The number of H-pyrrole nitrogens is 2. The summed E-state index contributed by atoms with van der Waals surface area (Å²) < 4.78 is 1.98. The number of carbonyl (C=O) groups is 1. The van der Waals surface area contributed by atoms with Crippen LogP contribution in [0.25, 0.3) is 50.0 Å². The Morgan fingerprint density at radius 3 is 2.68 bits per heavy atom. The van der Waals surface area contributed by atoms with Crippen molar-refractivity contribution < 1.29 is 4.79 Å². The van der Waals surface area contributed by atoms with Crippen molar-refractivity contribution in [1.82, 2.24) is 34.7 Å². The molecule has 0 unspecified atom stereocenters. The maximum absolute atomic E-state index is 12.2. The molecule has 184 valence electrons. The Labute approximate surface area is 213 Å². The third kappa shape index (κ3) is 4.35. The number of carbonyl (C=O) groups excluding carboxylic acids is 1. The fourth-order valence-corrected chi connectivity index (χ4v) is 4.57. The molecule has 1 aromatic carbocycles. The fraction of sp³-hybridized carbons (Fsp3) is 0.179. The first-order chi connectivity index (χ1) is 17.9. The van der Waals surface area contributed by atoms with Crippen LogP contribution in [0.3, 0.4) is 0 Å². The number of nitrogens with one attached hydrogen (secondary N) is 3. The number of amides is 1. The summed E-state index contributed by atoms with van der Waals surface area (Å²) in [5.41, 5.74) is 8.01. The lowest BCUT2D eigenvalue weighted by Gasteiger charge is -2.09. The number of aromatic amines is 2. The Morgan fingerprint density at radius 1 is 1.00 bits per heavy atom. The van der Waals surface area contributed by atoms with Crippen molar-refractivity contribution in [2.45, 2.75) is 27.2 Å². The monoisotopic (exact) mass is 490 g/mol. The number of aryl methyl sites for hydroxylation is 1. The molecule has 0 spiro atoms. The van der Waals surface area contributed by atoms with Gasteiger partial charge in [-0.05, 0) is 42.7 Å². The molecule has 3 N–H and O–H groups in total. The molecule has 0 aliphatic rings. The van der Waals surface area contributed by atoms with Gasteiger partial charge >= 0.3 is 0 Å². The van der Waals surface area contributed by atoms with Crippen molar-refractivity contribution in [3.8, 4) is 28.2 Å². The van der Waals surface area contributed by atoms with Gasteiger partial charge < -0.3 is 14.9 Å². The molecule has 37 heavy (non-hydrogen) atoms. The van der Waals surface area contributed by atoms with E-state index >= 15 is 0 Å². The van der Waals surface area contributed by atoms with E-state index in [4.69, 9.17) is 0 Å². The molecule has 6 aromatic rings. The van der Waals surface area contributed by atoms with Crippen molar-refractivity contribution in [2.24, 2.45) is 5.92 Å². The summed E-state index contributed by atoms with van der Waals surface area (Å²) in [5, 5.41) is 12.7. The minimum atomic E-state index is -0.0138. The first-order valence-electron chi connectivity index (χ1n) is 12.2. The topological polar surface area (TPSA) is 117 Å². The van der Waals surface area contributed by atoms with Gasteiger partial charge in [0.15, 0.2) is 0 Å². The Hall–Kier alpha value is -4.79. The number of fused-ring (bicyclic) bond motifs is 2. The van der Waals surface area contributed by atoms with E-state index in [9.17, 15) is 4.79 Å². The van der Waals surface area contributed by atoms with E-state index in [0.29, 0.717) is 18.0 Å². The Kier molecular flexibility index (Phi) is 5.52. The highest BCUT2D eigenvalue weighted by atomic mass is 16.1. The second kappa shape index (κ2) is 9.02. The van der Waals surface area contributed by atoms with Gasteiger partial charge in [0.1, 0.15) is 5.69 Å². The predicted molar refractivity (Wildman–Crippen MR) is 144 cm³/mol. The fourth-order valence-electron chi connectivity index (χ4n) is 4.57. The van der Waals surface area contributed by atoms with E-state index in [1.54, 1.807) is 18.7 Å². The normalized spacial score (nSPS) is 11.6. The standard InChI is InChI=1S/C28H26N8O/c1-16(2)6-27(37)32-20-7-19(10-29-11-20)18-4-5-23-22(8-18)28(35-34-23)24-9-21-25(33-24)12-30-13-26(21)36-14-17(3)31-15-36/h4-5,7-16,33H,6H2,1-3H3,(H,32,37)(H,34,35). The second-order valence-corrected chi connectivity index (χ2v) is 9.67. The maximum Gasteiger partial charge on any atom is 0.224 e. The Bertz CT molecular complexity index is 1760. The molecule has 9 nitrogen and oxygen atoms in total. The SMILES string of the molecule is Cc1cn(-c2cncc3[nH]c(-c4n[nH]c5ccc(-c6cncc(NC(=O)CC(C)C)c6)cc45)cc23)cn1. The number of rotatable bonds is 6. The predicted octanol–water partition coefficient (Wildman–Crippen LogP) is 5.65. The van der Waals surface area contributed by atoms with Crippen molar-refractivity contribution in [3.05, 3.63) is 73.3 Å². The lowest BCUT2D eigenvalue weighted by molar-refractivity contribution is -0.116. The third-order valence-electron chi connectivity index (χ3n) is 6.28. The quantitative estimate of drug-likeness (QED) is 0.279. The van der Waals surface area contributed by atoms with Crippen molar-refractivity contribution in [1.29, 1.82) is 0 Å². The van der Waals surface area contributed by atoms with Crippen LogP contribution in [0.15, 0.2) is 67.6 Å². The Morgan fingerprint density at radius 2 is 1.86 bits per heavy atom. The van der Waals surface area contributed by atoms with Crippen LogP contribution in [0.2, 0.25) is 0 Å². The molecule has 0 aliphatic heterocycles. The first kappa shape index (κ1) is 22.7. The van der Waals surface area contributed by atoms with Gasteiger partial charge in [-0.25, -0.2) is 4.98 Å². The van der Waals surface area contributed by atoms with Gasteiger partial charge in [-0.1, -0.05) is 19.9 Å². The number of anilines is 1. The average molecular weight is 491 g/mol. The van der Waals surface area contributed by atoms with Crippen LogP contribution >= 0.6 is 0 Å². The molecular formula is C28H26N8O. The zero-order chi connectivity index (χ0) is 25.5. The number of hydrogen-bond donors (Lipinski definition) is 3. The van der Waals surface area contributed by atoms with Crippen molar-refractivity contribution >= 4 is 33.4 Å². The van der Waals surface area contributed by atoms with Crippen LogP contribution in [-0.2, 0) is 4.79 Å². The molecule has 0 radical (unpaired) electrons. The summed E-state index contributed by atoms with van der Waals surface area (Å²) in [4.78, 5) is 28.8. The third-order valence-corrected chi connectivity index (χ3v) is 6.28. The van der Waals surface area contributed by atoms with Crippen LogP contribution in [0.4, 0.5) is 5.69 Å². The zero-order valence-electron chi connectivity index (χ0n) is 20.8. The smallest absolute Gasteiger partial charge is 0.224 e. The van der Waals surface area contributed by atoms with Crippen LogP contribution in [0.5, 0.6) is 0 Å². The highest BCUT2D eigenvalue weighted by molar-refractivity contribution is 5.99. The minimum Gasteiger partial charge on any atom is -0.352 e. The summed E-state index contributed by atoms with van der Waals surface area (Å²) >= 11 is 0. The van der Waals surface area contributed by atoms with Gasteiger partial charge in [0.25, 0.3) is 0 Å². The molecule has 6 rings (SSSR count). The summed E-state index contributed by atoms with van der Waals surface area (Å²) in [7, 11) is 0. The molecule has 0 atom stereocenters. The van der Waals surface area contributed by atoms with E-state index in [0.717, 1.165) is 55.7 Å². The summed E-state index contributed by atoms with van der Waals surface area (Å²) in [6.45, 7) is 6.01.